The van der Waals surface area contributed by atoms with Crippen molar-refractivity contribution >= 4 is 0 Å². The lowest BCUT2D eigenvalue weighted by atomic mass is 10.0. The Hall–Kier alpha value is -1.34. The molecule has 1 aromatic carbocycles. The predicted octanol–water partition coefficient (Wildman–Crippen LogP) is 3.42. The minimum absolute atomic E-state index is 0.0765. The van der Waals surface area contributed by atoms with E-state index in [0.717, 1.165) is 11.1 Å². The van der Waals surface area contributed by atoms with Crippen LogP contribution in [0.2, 0.25) is 0 Å². The van der Waals surface area contributed by atoms with Gasteiger partial charge in [-0.1, -0.05) is 49.1 Å². The maximum atomic E-state index is 5.37. The summed E-state index contributed by atoms with van der Waals surface area (Å²) in [5, 5.41) is 0. The fourth-order valence-electron chi connectivity index (χ4n) is 1.44. The summed E-state index contributed by atoms with van der Waals surface area (Å²) >= 11 is 0. The lowest BCUT2D eigenvalue weighted by Gasteiger charge is -2.16. The van der Waals surface area contributed by atoms with Crippen LogP contribution in [-0.4, -0.2) is 7.11 Å². The Balaban J connectivity index is 3.00. The molecule has 0 amide bonds. The van der Waals surface area contributed by atoms with Gasteiger partial charge in [-0.3, -0.25) is 0 Å². The molecule has 0 aliphatic heterocycles. The van der Waals surface area contributed by atoms with E-state index < -0.39 is 0 Å². The quantitative estimate of drug-likeness (QED) is 0.658. The number of rotatable bonds is 4. The molecule has 1 rings (SSSR count). The molecule has 1 atom stereocenters. The van der Waals surface area contributed by atoms with Crippen LogP contribution >= 0.6 is 0 Å². The molecule has 0 heterocycles. The van der Waals surface area contributed by atoms with Gasteiger partial charge in [0.05, 0.1) is 0 Å². The molecule has 1 aromatic rings. The molecule has 14 heavy (non-hydrogen) atoms. The second-order valence-electron chi connectivity index (χ2n) is 3.31. The molecular formula is C13H16O. The van der Waals surface area contributed by atoms with Gasteiger partial charge in [-0.2, -0.15) is 0 Å². The molecule has 0 saturated heterocycles. The van der Waals surface area contributed by atoms with Gasteiger partial charge in [0.2, 0.25) is 0 Å². The van der Waals surface area contributed by atoms with Crippen LogP contribution in [0, 0.1) is 6.92 Å². The van der Waals surface area contributed by atoms with E-state index in [0.29, 0.717) is 0 Å². The highest BCUT2D eigenvalue weighted by Gasteiger charge is 2.11. The lowest BCUT2D eigenvalue weighted by Crippen LogP contribution is -2.02. The molecule has 0 aliphatic carbocycles. The highest BCUT2D eigenvalue weighted by atomic mass is 16.5. The SMILES string of the molecule is C=CC(=C)C(OC)c1cccc(C)c1. The average Bonchev–Trinajstić information content (AvgIpc) is 2.19. The molecular weight excluding hydrogens is 172 g/mol. The molecule has 1 nitrogen and oxygen atoms in total. The molecule has 74 valence electrons. The molecule has 1 unspecified atom stereocenters. The fourth-order valence-corrected chi connectivity index (χ4v) is 1.44. The van der Waals surface area contributed by atoms with Crippen molar-refractivity contribution < 1.29 is 4.74 Å². The van der Waals surface area contributed by atoms with Gasteiger partial charge < -0.3 is 4.74 Å². The minimum Gasteiger partial charge on any atom is -0.372 e. The number of methoxy groups -OCH3 is 1. The van der Waals surface area contributed by atoms with Gasteiger partial charge in [0.15, 0.2) is 0 Å². The summed E-state index contributed by atoms with van der Waals surface area (Å²) in [7, 11) is 1.68. The van der Waals surface area contributed by atoms with Crippen LogP contribution in [0.4, 0.5) is 0 Å². The van der Waals surface area contributed by atoms with Gasteiger partial charge in [0, 0.05) is 7.11 Å². The normalized spacial score (nSPS) is 12.1. The van der Waals surface area contributed by atoms with Crippen LogP contribution in [0.3, 0.4) is 0 Å². The number of benzene rings is 1. The van der Waals surface area contributed by atoms with Gasteiger partial charge in [0.25, 0.3) is 0 Å². The first-order valence-corrected chi connectivity index (χ1v) is 4.59. The fraction of sp³-hybridized carbons (Fsp3) is 0.231. The van der Waals surface area contributed by atoms with E-state index in [1.807, 2.05) is 12.1 Å². The summed E-state index contributed by atoms with van der Waals surface area (Å²) < 4.78 is 5.37. The second kappa shape index (κ2) is 4.77. The van der Waals surface area contributed by atoms with Crippen LogP contribution in [0.5, 0.6) is 0 Å². The number of aryl methyl sites for hydroxylation is 1. The Morgan fingerprint density at radius 1 is 1.50 bits per heavy atom. The highest BCUT2D eigenvalue weighted by molar-refractivity contribution is 5.32. The van der Waals surface area contributed by atoms with Crippen LogP contribution in [0.15, 0.2) is 49.1 Å². The van der Waals surface area contributed by atoms with Crippen molar-refractivity contribution in [1.82, 2.24) is 0 Å². The van der Waals surface area contributed by atoms with Gasteiger partial charge in [-0.25, -0.2) is 0 Å². The van der Waals surface area contributed by atoms with Gasteiger partial charge in [-0.15, -0.1) is 0 Å². The Bertz CT molecular complexity index is 339. The second-order valence-corrected chi connectivity index (χ2v) is 3.31. The van der Waals surface area contributed by atoms with E-state index in [9.17, 15) is 0 Å². The predicted molar refractivity (Wildman–Crippen MR) is 60.3 cm³/mol. The summed E-state index contributed by atoms with van der Waals surface area (Å²) in [6.07, 6.45) is 1.66. The zero-order valence-corrected chi connectivity index (χ0v) is 8.79. The maximum absolute atomic E-state index is 5.37. The molecule has 0 aromatic heterocycles. The molecule has 0 saturated carbocycles. The van der Waals surface area contributed by atoms with E-state index in [-0.39, 0.29) is 6.10 Å². The molecule has 0 N–H and O–H groups in total. The first-order chi connectivity index (χ1) is 6.69. The Morgan fingerprint density at radius 3 is 2.71 bits per heavy atom. The lowest BCUT2D eigenvalue weighted by molar-refractivity contribution is 0.136. The van der Waals surface area contributed by atoms with Gasteiger partial charge in [-0.05, 0) is 18.1 Å². The molecule has 0 aliphatic rings. The molecule has 0 fully saturated rings. The van der Waals surface area contributed by atoms with Crippen LogP contribution in [0.25, 0.3) is 0 Å². The number of ether oxygens (including phenoxy) is 1. The smallest absolute Gasteiger partial charge is 0.107 e. The molecule has 0 spiro atoms. The summed E-state index contributed by atoms with van der Waals surface area (Å²) in [6.45, 7) is 9.67. The summed E-state index contributed by atoms with van der Waals surface area (Å²) in [5.74, 6) is 0. The Morgan fingerprint density at radius 2 is 2.21 bits per heavy atom. The number of hydrogen-bond acceptors (Lipinski definition) is 1. The molecule has 1 heteroatoms. The van der Waals surface area contributed by atoms with E-state index in [4.69, 9.17) is 4.74 Å². The van der Waals surface area contributed by atoms with Crippen molar-refractivity contribution in [2.24, 2.45) is 0 Å². The van der Waals surface area contributed by atoms with Crippen molar-refractivity contribution in [2.75, 3.05) is 7.11 Å². The van der Waals surface area contributed by atoms with Crippen LogP contribution < -0.4 is 0 Å². The molecule has 0 radical (unpaired) electrons. The summed E-state index contributed by atoms with van der Waals surface area (Å²) in [5.41, 5.74) is 3.23. The molecule has 0 bridgehead atoms. The van der Waals surface area contributed by atoms with Crippen molar-refractivity contribution in [2.45, 2.75) is 13.0 Å². The van der Waals surface area contributed by atoms with Crippen molar-refractivity contribution in [3.05, 3.63) is 60.2 Å². The van der Waals surface area contributed by atoms with Crippen LogP contribution in [0.1, 0.15) is 17.2 Å². The van der Waals surface area contributed by atoms with Gasteiger partial charge >= 0.3 is 0 Å². The number of hydrogen-bond donors (Lipinski definition) is 0. The van der Waals surface area contributed by atoms with E-state index in [2.05, 4.69) is 32.2 Å². The van der Waals surface area contributed by atoms with E-state index in [1.54, 1.807) is 13.2 Å². The van der Waals surface area contributed by atoms with Crippen molar-refractivity contribution in [3.8, 4) is 0 Å². The minimum atomic E-state index is -0.0765. The summed E-state index contributed by atoms with van der Waals surface area (Å²) in [6, 6.07) is 8.22. The zero-order chi connectivity index (χ0) is 10.6. The standard InChI is InChI=1S/C13H16O/c1-5-11(3)13(14-4)12-8-6-7-10(2)9-12/h5-9,13H,1,3H2,2,4H3. The van der Waals surface area contributed by atoms with Crippen LogP contribution in [-0.2, 0) is 4.74 Å². The maximum Gasteiger partial charge on any atom is 0.107 e. The monoisotopic (exact) mass is 188 g/mol. The van der Waals surface area contributed by atoms with Gasteiger partial charge in [0.1, 0.15) is 6.10 Å². The first-order valence-electron chi connectivity index (χ1n) is 4.59. The topological polar surface area (TPSA) is 9.23 Å². The Labute approximate surface area is 85.7 Å². The van der Waals surface area contributed by atoms with Crippen molar-refractivity contribution in [3.63, 3.8) is 0 Å². The van der Waals surface area contributed by atoms with E-state index in [1.165, 1.54) is 5.56 Å². The third-order valence-corrected chi connectivity index (χ3v) is 2.18. The average molecular weight is 188 g/mol. The summed E-state index contributed by atoms with van der Waals surface area (Å²) in [4.78, 5) is 0. The zero-order valence-electron chi connectivity index (χ0n) is 8.79. The Kier molecular flexibility index (Phi) is 3.66. The third kappa shape index (κ3) is 2.33. The largest absolute Gasteiger partial charge is 0.372 e. The van der Waals surface area contributed by atoms with Crippen molar-refractivity contribution in [1.29, 1.82) is 0 Å². The highest BCUT2D eigenvalue weighted by Crippen LogP contribution is 2.24. The third-order valence-electron chi connectivity index (χ3n) is 2.18. The first kappa shape index (κ1) is 10.7. The van der Waals surface area contributed by atoms with E-state index >= 15 is 0 Å².